The van der Waals surface area contributed by atoms with Crippen molar-refractivity contribution in [3.63, 3.8) is 0 Å². The molecule has 1 aliphatic rings. The van der Waals surface area contributed by atoms with Crippen molar-refractivity contribution in [1.82, 2.24) is 20.4 Å². The lowest BCUT2D eigenvalue weighted by atomic mass is 10.2. The first-order chi connectivity index (χ1) is 8.81. The van der Waals surface area contributed by atoms with E-state index >= 15 is 0 Å². The van der Waals surface area contributed by atoms with Gasteiger partial charge in [-0.2, -0.15) is 4.98 Å². The fourth-order valence-electron chi connectivity index (χ4n) is 2.17. The molecule has 0 unspecified atom stereocenters. The number of nitrogens with one attached hydrogen (secondary N) is 1. The monoisotopic (exact) mass is 264 g/mol. The summed E-state index contributed by atoms with van der Waals surface area (Å²) in [5, 5.41) is 9.46. The molecule has 1 aliphatic heterocycles. The van der Waals surface area contributed by atoms with E-state index < -0.39 is 0 Å². The maximum atomic E-state index is 5.31. The molecule has 6 heteroatoms. The Labute approximate surface area is 110 Å². The van der Waals surface area contributed by atoms with E-state index in [1.54, 1.807) is 11.3 Å². The van der Waals surface area contributed by atoms with Crippen molar-refractivity contribution in [2.75, 3.05) is 19.6 Å². The van der Waals surface area contributed by atoms with E-state index in [0.29, 0.717) is 17.8 Å². The van der Waals surface area contributed by atoms with E-state index in [2.05, 4.69) is 27.3 Å². The summed E-state index contributed by atoms with van der Waals surface area (Å²) in [6.07, 6.45) is 0. The number of hydrogen-bond donors (Lipinski definition) is 1. The van der Waals surface area contributed by atoms with Gasteiger partial charge in [0, 0.05) is 25.7 Å². The molecule has 2 aromatic rings. The Morgan fingerprint density at radius 2 is 2.56 bits per heavy atom. The van der Waals surface area contributed by atoms with Crippen LogP contribution in [0.1, 0.15) is 12.8 Å². The van der Waals surface area contributed by atoms with Crippen molar-refractivity contribution in [3.8, 4) is 10.7 Å². The van der Waals surface area contributed by atoms with Gasteiger partial charge in [0.05, 0.1) is 11.4 Å². The third-order valence-electron chi connectivity index (χ3n) is 3.02. The molecule has 1 atom stereocenters. The molecule has 3 heterocycles. The average molecular weight is 264 g/mol. The molecule has 0 spiro atoms. The van der Waals surface area contributed by atoms with Crippen LogP contribution in [0.2, 0.25) is 0 Å². The van der Waals surface area contributed by atoms with Gasteiger partial charge in [0.1, 0.15) is 0 Å². The number of rotatable bonds is 3. The van der Waals surface area contributed by atoms with Crippen molar-refractivity contribution in [2.45, 2.75) is 19.5 Å². The Hall–Kier alpha value is -1.24. The van der Waals surface area contributed by atoms with Gasteiger partial charge < -0.3 is 9.84 Å². The molecule has 0 saturated carbocycles. The zero-order valence-corrected chi connectivity index (χ0v) is 11.1. The molecular weight excluding hydrogens is 248 g/mol. The Morgan fingerprint density at radius 1 is 1.61 bits per heavy atom. The number of thiophene rings is 1. The van der Waals surface area contributed by atoms with Crippen LogP contribution in [0.15, 0.2) is 22.0 Å². The molecule has 1 N–H and O–H groups in total. The molecule has 0 aromatic carbocycles. The van der Waals surface area contributed by atoms with Crippen molar-refractivity contribution < 1.29 is 4.52 Å². The summed E-state index contributed by atoms with van der Waals surface area (Å²) in [5.74, 6) is 1.40. The molecule has 0 amide bonds. The van der Waals surface area contributed by atoms with E-state index in [0.717, 1.165) is 31.1 Å². The van der Waals surface area contributed by atoms with Gasteiger partial charge in [0.25, 0.3) is 0 Å². The Bertz CT molecular complexity index is 496. The van der Waals surface area contributed by atoms with Crippen LogP contribution in [-0.2, 0) is 6.54 Å². The minimum absolute atomic E-state index is 0.526. The molecule has 1 fully saturated rings. The van der Waals surface area contributed by atoms with Crippen molar-refractivity contribution in [2.24, 2.45) is 0 Å². The first-order valence-corrected chi connectivity index (χ1v) is 7.01. The lowest BCUT2D eigenvalue weighted by Crippen LogP contribution is -2.48. The number of aromatic nitrogens is 2. The first-order valence-electron chi connectivity index (χ1n) is 6.13. The molecule has 1 saturated heterocycles. The van der Waals surface area contributed by atoms with E-state index in [1.807, 2.05) is 17.5 Å². The largest absolute Gasteiger partial charge is 0.338 e. The van der Waals surface area contributed by atoms with Crippen LogP contribution in [0.5, 0.6) is 0 Å². The van der Waals surface area contributed by atoms with Gasteiger partial charge in [-0.15, -0.1) is 11.3 Å². The Morgan fingerprint density at radius 3 is 3.33 bits per heavy atom. The van der Waals surface area contributed by atoms with Crippen LogP contribution in [-0.4, -0.2) is 40.7 Å². The second-order valence-electron chi connectivity index (χ2n) is 4.58. The topological polar surface area (TPSA) is 54.2 Å². The zero-order chi connectivity index (χ0) is 12.4. The van der Waals surface area contributed by atoms with Crippen molar-refractivity contribution in [3.05, 3.63) is 23.4 Å². The van der Waals surface area contributed by atoms with Crippen LogP contribution in [0.3, 0.4) is 0 Å². The van der Waals surface area contributed by atoms with Crippen molar-refractivity contribution >= 4 is 11.3 Å². The van der Waals surface area contributed by atoms with Crippen LogP contribution < -0.4 is 5.32 Å². The quantitative estimate of drug-likeness (QED) is 0.912. The van der Waals surface area contributed by atoms with E-state index in [1.165, 1.54) is 0 Å². The second kappa shape index (κ2) is 5.17. The summed E-state index contributed by atoms with van der Waals surface area (Å²) in [6, 6.07) is 4.53. The van der Waals surface area contributed by atoms with Crippen LogP contribution in [0.25, 0.3) is 10.7 Å². The predicted molar refractivity (Wildman–Crippen MR) is 70.4 cm³/mol. The predicted octanol–water partition coefficient (Wildman–Crippen LogP) is 1.59. The first kappa shape index (κ1) is 11.8. The zero-order valence-electron chi connectivity index (χ0n) is 10.3. The Balaban J connectivity index is 1.66. The molecule has 3 rings (SSSR count). The summed E-state index contributed by atoms with van der Waals surface area (Å²) in [6.45, 7) is 6.01. The fourth-order valence-corrected chi connectivity index (χ4v) is 2.82. The summed E-state index contributed by atoms with van der Waals surface area (Å²) in [7, 11) is 0. The fraction of sp³-hybridized carbons (Fsp3) is 0.500. The lowest BCUT2D eigenvalue weighted by molar-refractivity contribution is 0.177. The number of nitrogens with zero attached hydrogens (tertiary/aromatic N) is 3. The van der Waals surface area contributed by atoms with Crippen LogP contribution >= 0.6 is 11.3 Å². The highest BCUT2D eigenvalue weighted by Gasteiger charge is 2.18. The molecule has 0 bridgehead atoms. The summed E-state index contributed by atoms with van der Waals surface area (Å²) < 4.78 is 5.31. The van der Waals surface area contributed by atoms with E-state index in [9.17, 15) is 0 Å². The van der Waals surface area contributed by atoms with Gasteiger partial charge in [-0.25, -0.2) is 0 Å². The third-order valence-corrected chi connectivity index (χ3v) is 3.89. The van der Waals surface area contributed by atoms with Crippen molar-refractivity contribution in [1.29, 1.82) is 0 Å². The SMILES string of the molecule is C[C@H]1CN(Cc2nc(-c3cccs3)no2)CCN1. The summed E-state index contributed by atoms with van der Waals surface area (Å²) >= 11 is 1.63. The van der Waals surface area contributed by atoms with Gasteiger partial charge >= 0.3 is 0 Å². The standard InChI is InChI=1S/C12H16N4OS/c1-9-7-16(5-4-13-9)8-11-14-12(15-17-11)10-3-2-6-18-10/h2-3,6,9,13H,4-5,7-8H2,1H3/t9-/m0/s1. The third kappa shape index (κ3) is 2.60. The normalized spacial score (nSPS) is 21.3. The number of hydrogen-bond acceptors (Lipinski definition) is 6. The van der Waals surface area contributed by atoms with E-state index in [4.69, 9.17) is 4.52 Å². The molecule has 0 aliphatic carbocycles. The maximum Gasteiger partial charge on any atom is 0.241 e. The summed E-state index contributed by atoms with van der Waals surface area (Å²) in [5.41, 5.74) is 0. The summed E-state index contributed by atoms with van der Waals surface area (Å²) in [4.78, 5) is 7.84. The molecular formula is C12H16N4OS. The van der Waals surface area contributed by atoms with Gasteiger partial charge in [0.2, 0.25) is 11.7 Å². The molecule has 18 heavy (non-hydrogen) atoms. The van der Waals surface area contributed by atoms with E-state index in [-0.39, 0.29) is 0 Å². The highest BCUT2D eigenvalue weighted by molar-refractivity contribution is 7.13. The number of piperazine rings is 1. The molecule has 96 valence electrons. The minimum Gasteiger partial charge on any atom is -0.338 e. The maximum absolute atomic E-state index is 5.31. The highest BCUT2D eigenvalue weighted by atomic mass is 32.1. The molecule has 0 radical (unpaired) electrons. The molecule has 2 aromatic heterocycles. The average Bonchev–Trinajstić information content (AvgIpc) is 2.98. The van der Waals surface area contributed by atoms with Crippen LogP contribution in [0.4, 0.5) is 0 Å². The molecule has 5 nitrogen and oxygen atoms in total. The highest BCUT2D eigenvalue weighted by Crippen LogP contribution is 2.21. The smallest absolute Gasteiger partial charge is 0.241 e. The lowest BCUT2D eigenvalue weighted by Gasteiger charge is -2.30. The van der Waals surface area contributed by atoms with Gasteiger partial charge in [0.15, 0.2) is 0 Å². The van der Waals surface area contributed by atoms with Gasteiger partial charge in [-0.1, -0.05) is 11.2 Å². The van der Waals surface area contributed by atoms with Gasteiger partial charge in [-0.3, -0.25) is 4.90 Å². The van der Waals surface area contributed by atoms with Gasteiger partial charge in [-0.05, 0) is 18.4 Å². The minimum atomic E-state index is 0.526. The Kier molecular flexibility index (Phi) is 3.40. The van der Waals surface area contributed by atoms with Crippen LogP contribution in [0, 0.1) is 0 Å². The second-order valence-corrected chi connectivity index (χ2v) is 5.53.